The maximum atomic E-state index is 12.6. The van der Waals surface area contributed by atoms with Crippen LogP contribution in [0.2, 0.25) is 0 Å². The van der Waals surface area contributed by atoms with Crippen molar-refractivity contribution in [3.05, 3.63) is 134 Å². The minimum Gasteiger partial charge on any atom is -0.497 e. The summed E-state index contributed by atoms with van der Waals surface area (Å²) in [5, 5.41) is 4.05. The van der Waals surface area contributed by atoms with Crippen LogP contribution in [0.1, 0.15) is 41.8 Å². The fraction of sp³-hybridized carbons (Fsp3) is 0.250. The van der Waals surface area contributed by atoms with Crippen LogP contribution < -0.4 is 16.0 Å². The highest BCUT2D eigenvalue weighted by molar-refractivity contribution is 5.90. The molecule has 2 heterocycles. The lowest BCUT2D eigenvalue weighted by Gasteiger charge is -2.36. The molecule has 10 nitrogen and oxygen atoms in total. The van der Waals surface area contributed by atoms with E-state index < -0.39 is 35.2 Å². The summed E-state index contributed by atoms with van der Waals surface area (Å²) in [4.78, 5) is 43.5. The number of aromatic nitrogens is 2. The van der Waals surface area contributed by atoms with Crippen molar-refractivity contribution in [1.82, 2.24) is 9.55 Å². The van der Waals surface area contributed by atoms with E-state index in [0.717, 1.165) is 16.7 Å². The maximum absolute atomic E-state index is 12.6. The molecule has 0 aliphatic carbocycles. The lowest BCUT2D eigenvalue weighted by molar-refractivity contribution is -0.141. The molecule has 5 rings (SSSR count). The van der Waals surface area contributed by atoms with Crippen LogP contribution in [-0.4, -0.2) is 41.1 Å². The van der Waals surface area contributed by atoms with Crippen molar-refractivity contribution < 1.29 is 23.8 Å². The van der Waals surface area contributed by atoms with Crippen LogP contribution in [0.5, 0.6) is 5.75 Å². The molecule has 1 fully saturated rings. The number of hydrogen-bond donors (Lipinski definition) is 1. The number of ether oxygens (including phenoxy) is 3. The van der Waals surface area contributed by atoms with E-state index in [0.29, 0.717) is 17.0 Å². The molecule has 0 amide bonds. The second-order valence-corrected chi connectivity index (χ2v) is 9.88. The predicted molar refractivity (Wildman–Crippen MR) is 155 cm³/mol. The minimum absolute atomic E-state index is 0.0104. The Bertz CT molecular complexity index is 1640. The van der Waals surface area contributed by atoms with Crippen molar-refractivity contribution in [2.24, 2.45) is 5.16 Å². The van der Waals surface area contributed by atoms with Crippen LogP contribution in [0.15, 0.2) is 106 Å². The van der Waals surface area contributed by atoms with Gasteiger partial charge >= 0.3 is 11.7 Å². The maximum Gasteiger partial charge on any atom is 0.331 e. The number of aromatic amines is 1. The molecule has 10 heteroatoms. The number of carbonyl (C=O) groups excluding carboxylic acids is 1. The summed E-state index contributed by atoms with van der Waals surface area (Å²) in [6.45, 7) is 2.84. The third-order valence-corrected chi connectivity index (χ3v) is 7.13. The van der Waals surface area contributed by atoms with Gasteiger partial charge in [-0.3, -0.25) is 14.3 Å². The molecule has 0 saturated carbocycles. The number of carbonyl (C=O) groups is 1. The SMILES string of the molecule is COc1ccc(C(OC[C@H]2O[C@@H](n3cc(C)c(=O)[nH]c3=O)C/C2=N\OC(C)=O)(c2ccccc2)c2ccccc2)cc1. The van der Waals surface area contributed by atoms with Crippen LogP contribution in [0.3, 0.4) is 0 Å². The zero-order chi connectivity index (χ0) is 29.7. The molecule has 1 N–H and O–H groups in total. The second-order valence-electron chi connectivity index (χ2n) is 9.88. The largest absolute Gasteiger partial charge is 0.497 e. The summed E-state index contributed by atoms with van der Waals surface area (Å²) in [6.07, 6.45) is -0.00848. The number of nitrogens with one attached hydrogen (secondary N) is 1. The summed E-state index contributed by atoms with van der Waals surface area (Å²) in [5.41, 5.74) is 1.17. The average molecular weight is 570 g/mol. The third-order valence-electron chi connectivity index (χ3n) is 7.13. The van der Waals surface area contributed by atoms with Gasteiger partial charge in [0, 0.05) is 25.1 Å². The summed E-state index contributed by atoms with van der Waals surface area (Å²) < 4.78 is 19.9. The van der Waals surface area contributed by atoms with Crippen LogP contribution >= 0.6 is 0 Å². The van der Waals surface area contributed by atoms with E-state index in [1.807, 2.05) is 84.9 Å². The first-order valence-corrected chi connectivity index (χ1v) is 13.4. The van der Waals surface area contributed by atoms with Gasteiger partial charge in [0.25, 0.3) is 5.56 Å². The van der Waals surface area contributed by atoms with Gasteiger partial charge in [0.05, 0.1) is 19.4 Å². The summed E-state index contributed by atoms with van der Waals surface area (Å²) in [7, 11) is 1.61. The lowest BCUT2D eigenvalue weighted by atomic mass is 9.80. The van der Waals surface area contributed by atoms with Gasteiger partial charge in [0.15, 0.2) is 0 Å². The normalized spacial score (nSPS) is 17.7. The van der Waals surface area contributed by atoms with E-state index in [1.54, 1.807) is 14.0 Å². The smallest absolute Gasteiger partial charge is 0.331 e. The number of methoxy groups -OCH3 is 1. The highest BCUT2D eigenvalue weighted by Crippen LogP contribution is 2.42. The third kappa shape index (κ3) is 5.81. The Morgan fingerprint density at radius 1 is 0.976 bits per heavy atom. The summed E-state index contributed by atoms with van der Waals surface area (Å²) in [5.74, 6) is 0.108. The first kappa shape index (κ1) is 28.7. The molecule has 1 aromatic heterocycles. The van der Waals surface area contributed by atoms with E-state index >= 15 is 0 Å². The average Bonchev–Trinajstić information content (AvgIpc) is 3.42. The highest BCUT2D eigenvalue weighted by Gasteiger charge is 2.41. The Balaban J connectivity index is 1.57. The van der Waals surface area contributed by atoms with E-state index in [4.69, 9.17) is 19.0 Å². The van der Waals surface area contributed by atoms with Crippen molar-refractivity contribution in [3.63, 3.8) is 0 Å². The van der Waals surface area contributed by atoms with Gasteiger partial charge in [-0.05, 0) is 35.7 Å². The molecule has 3 aromatic carbocycles. The number of rotatable bonds is 9. The Hall–Kier alpha value is -4.80. The molecule has 0 radical (unpaired) electrons. The quantitative estimate of drug-likeness (QED) is 0.183. The van der Waals surface area contributed by atoms with Crippen molar-refractivity contribution in [3.8, 4) is 5.75 Å². The van der Waals surface area contributed by atoms with Gasteiger partial charge in [-0.1, -0.05) is 78.0 Å². The molecule has 216 valence electrons. The molecule has 0 spiro atoms. The molecular formula is C32H31N3O7. The van der Waals surface area contributed by atoms with Gasteiger partial charge in [0.1, 0.15) is 23.7 Å². The summed E-state index contributed by atoms with van der Waals surface area (Å²) >= 11 is 0. The molecule has 2 atom stereocenters. The summed E-state index contributed by atoms with van der Waals surface area (Å²) in [6, 6.07) is 27.3. The van der Waals surface area contributed by atoms with Gasteiger partial charge in [0.2, 0.25) is 0 Å². The highest BCUT2D eigenvalue weighted by atomic mass is 16.7. The Kier molecular flexibility index (Phi) is 8.46. The molecule has 1 saturated heterocycles. The second kappa shape index (κ2) is 12.4. The number of hydrogen-bond acceptors (Lipinski definition) is 8. The monoisotopic (exact) mass is 569 g/mol. The molecule has 1 aliphatic rings. The van der Waals surface area contributed by atoms with Crippen LogP contribution in [0.4, 0.5) is 0 Å². The van der Waals surface area contributed by atoms with E-state index in [9.17, 15) is 14.4 Å². The predicted octanol–water partition coefficient (Wildman–Crippen LogP) is 4.07. The Morgan fingerprint density at radius 3 is 2.14 bits per heavy atom. The Morgan fingerprint density at radius 2 is 1.57 bits per heavy atom. The van der Waals surface area contributed by atoms with E-state index in [-0.39, 0.29) is 13.0 Å². The fourth-order valence-corrected chi connectivity index (χ4v) is 5.07. The van der Waals surface area contributed by atoms with Gasteiger partial charge < -0.3 is 19.0 Å². The standard InChI is InChI=1S/C32H31N3O7/c1-21-19-35(31(38)33-30(21)37)29-18-27(34-42-22(2)36)28(41-29)20-40-32(23-10-6-4-7-11-23,24-12-8-5-9-13-24)25-14-16-26(39-3)17-15-25/h4-17,19,28-29H,18,20H2,1-3H3,(H,33,37,38)/b34-27+/t28-,29-/m1/s1. The van der Waals surface area contributed by atoms with Crippen molar-refractivity contribution in [2.45, 2.75) is 38.2 Å². The topological polar surface area (TPSA) is 121 Å². The molecule has 42 heavy (non-hydrogen) atoms. The van der Waals surface area contributed by atoms with Crippen LogP contribution in [0, 0.1) is 6.92 Å². The number of benzene rings is 3. The van der Waals surface area contributed by atoms with Crippen LogP contribution in [0.25, 0.3) is 0 Å². The zero-order valence-corrected chi connectivity index (χ0v) is 23.5. The van der Waals surface area contributed by atoms with Gasteiger partial charge in [-0.2, -0.15) is 0 Å². The number of aryl methyl sites for hydroxylation is 1. The van der Waals surface area contributed by atoms with Gasteiger partial charge in [-0.25, -0.2) is 9.59 Å². The zero-order valence-electron chi connectivity index (χ0n) is 23.5. The van der Waals surface area contributed by atoms with Crippen molar-refractivity contribution >= 4 is 11.7 Å². The fourth-order valence-electron chi connectivity index (χ4n) is 5.07. The number of H-pyrrole nitrogens is 1. The van der Waals surface area contributed by atoms with E-state index in [1.165, 1.54) is 17.7 Å². The van der Waals surface area contributed by atoms with Gasteiger partial charge in [-0.15, -0.1) is 0 Å². The molecule has 1 aliphatic heterocycles. The first-order valence-electron chi connectivity index (χ1n) is 13.4. The van der Waals surface area contributed by atoms with Crippen molar-refractivity contribution in [1.29, 1.82) is 0 Å². The lowest BCUT2D eigenvalue weighted by Crippen LogP contribution is -2.37. The van der Waals surface area contributed by atoms with E-state index in [2.05, 4.69) is 10.1 Å². The molecular weight excluding hydrogens is 538 g/mol. The number of nitrogens with zero attached hydrogens (tertiary/aromatic N) is 2. The molecule has 4 aromatic rings. The van der Waals surface area contributed by atoms with Crippen LogP contribution in [-0.2, 0) is 24.7 Å². The first-order chi connectivity index (χ1) is 20.3. The molecule has 0 unspecified atom stereocenters. The Labute approximate surface area is 242 Å². The number of oxime groups is 1. The van der Waals surface area contributed by atoms with Crippen molar-refractivity contribution in [2.75, 3.05) is 13.7 Å². The minimum atomic E-state index is -1.08. The molecule has 0 bridgehead atoms.